The largest absolute Gasteiger partial charge is 0.506 e. The molecule has 0 saturated heterocycles. The van der Waals surface area contributed by atoms with Crippen molar-refractivity contribution in [3.05, 3.63) is 53.6 Å². The number of nitrogens with one attached hydrogen (secondary N) is 1. The second-order valence-corrected chi connectivity index (χ2v) is 6.51. The van der Waals surface area contributed by atoms with E-state index >= 15 is 0 Å². The summed E-state index contributed by atoms with van der Waals surface area (Å²) in [6.07, 6.45) is 0. The number of phenols is 2. The van der Waals surface area contributed by atoms with Gasteiger partial charge in [0, 0.05) is 21.5 Å². The Kier molecular flexibility index (Phi) is 3.25. The number of anilines is 2. The first kappa shape index (κ1) is 14.1. The van der Waals surface area contributed by atoms with Gasteiger partial charge >= 0.3 is 0 Å². The van der Waals surface area contributed by atoms with Gasteiger partial charge in [0.2, 0.25) is 0 Å². The number of fused-ring (bicyclic) bond motifs is 2. The molecule has 3 aromatic carbocycles. The molecule has 0 fully saturated rings. The minimum atomic E-state index is 0.0776. The molecule has 0 unspecified atom stereocenters. The van der Waals surface area contributed by atoms with Crippen molar-refractivity contribution in [2.75, 3.05) is 5.32 Å². The molecule has 4 aromatic rings. The zero-order chi connectivity index (χ0) is 16.0. The second kappa shape index (κ2) is 5.30. The van der Waals surface area contributed by atoms with Crippen molar-refractivity contribution in [1.29, 1.82) is 0 Å². The number of hydrogen-bond donors (Lipinski definition) is 3. The molecule has 3 N–H and O–H groups in total. The lowest BCUT2D eigenvalue weighted by molar-refractivity contribution is 0.478. The predicted molar refractivity (Wildman–Crippen MR) is 95.2 cm³/mol. The van der Waals surface area contributed by atoms with E-state index in [0.717, 1.165) is 5.69 Å². The molecular weight excluding hydrogens is 332 g/mol. The molecule has 0 bridgehead atoms. The van der Waals surface area contributed by atoms with Gasteiger partial charge in [-0.25, -0.2) is 4.98 Å². The van der Waals surface area contributed by atoms with E-state index in [9.17, 15) is 10.2 Å². The minimum Gasteiger partial charge on any atom is -0.506 e. The Morgan fingerprint density at radius 3 is 2.26 bits per heavy atom. The van der Waals surface area contributed by atoms with Crippen molar-refractivity contribution < 1.29 is 10.2 Å². The molecule has 0 saturated carbocycles. The van der Waals surface area contributed by atoms with Crippen LogP contribution < -0.4 is 5.32 Å². The minimum absolute atomic E-state index is 0.0776. The van der Waals surface area contributed by atoms with Crippen LogP contribution in [-0.2, 0) is 0 Å². The lowest BCUT2D eigenvalue weighted by atomic mass is 10.1. The lowest BCUT2D eigenvalue weighted by Crippen LogP contribution is -1.88. The standard InChI is InChI=1S/C17H11ClN2O2S/c18-9-5-7-10(8-6-9)19-17-20-13-14(21)11-3-1-2-4-12(11)15(22)16(13)23-17/h1-8,21-22H,(H,19,20). The number of aromatic nitrogens is 1. The monoisotopic (exact) mass is 342 g/mol. The molecule has 4 nitrogen and oxygen atoms in total. The molecule has 6 heteroatoms. The zero-order valence-corrected chi connectivity index (χ0v) is 13.3. The Balaban J connectivity index is 1.87. The maximum atomic E-state index is 10.5. The molecule has 23 heavy (non-hydrogen) atoms. The van der Waals surface area contributed by atoms with Crippen LogP contribution >= 0.6 is 22.9 Å². The summed E-state index contributed by atoms with van der Waals surface area (Å²) in [6.45, 7) is 0. The molecule has 0 aliphatic carbocycles. The van der Waals surface area contributed by atoms with Crippen molar-refractivity contribution >= 4 is 54.7 Å². The van der Waals surface area contributed by atoms with E-state index in [4.69, 9.17) is 11.6 Å². The number of thiazole rings is 1. The number of nitrogens with zero attached hydrogens (tertiary/aromatic N) is 1. The maximum Gasteiger partial charge on any atom is 0.188 e. The number of aromatic hydroxyl groups is 2. The molecular formula is C17H11ClN2O2S. The van der Waals surface area contributed by atoms with Gasteiger partial charge in [-0.3, -0.25) is 0 Å². The van der Waals surface area contributed by atoms with Crippen LogP contribution in [0.2, 0.25) is 5.02 Å². The van der Waals surface area contributed by atoms with Crippen molar-refractivity contribution in [3.63, 3.8) is 0 Å². The summed E-state index contributed by atoms with van der Waals surface area (Å²) in [5.41, 5.74) is 1.22. The van der Waals surface area contributed by atoms with Gasteiger partial charge in [0.15, 0.2) is 10.9 Å². The summed E-state index contributed by atoms with van der Waals surface area (Å²) in [7, 11) is 0. The van der Waals surface area contributed by atoms with Crippen molar-refractivity contribution in [2.24, 2.45) is 0 Å². The van der Waals surface area contributed by atoms with E-state index in [1.165, 1.54) is 11.3 Å². The van der Waals surface area contributed by atoms with Gasteiger partial charge in [0.25, 0.3) is 0 Å². The van der Waals surface area contributed by atoms with E-state index in [2.05, 4.69) is 10.3 Å². The van der Waals surface area contributed by atoms with Crippen LogP contribution in [0.5, 0.6) is 11.5 Å². The van der Waals surface area contributed by atoms with Gasteiger partial charge in [-0.1, -0.05) is 47.2 Å². The third-order valence-corrected chi connectivity index (χ3v) is 4.83. The fourth-order valence-corrected chi connectivity index (χ4v) is 3.57. The molecule has 0 atom stereocenters. The van der Waals surface area contributed by atoms with Gasteiger partial charge in [-0.05, 0) is 24.3 Å². The molecule has 0 amide bonds. The van der Waals surface area contributed by atoms with E-state index < -0.39 is 0 Å². The van der Waals surface area contributed by atoms with E-state index in [1.807, 2.05) is 24.3 Å². The van der Waals surface area contributed by atoms with Crippen LogP contribution in [0, 0.1) is 0 Å². The first-order valence-corrected chi connectivity index (χ1v) is 8.08. The SMILES string of the molecule is Oc1c2ccccc2c(O)c2sc(Nc3ccc(Cl)cc3)nc12. The quantitative estimate of drug-likeness (QED) is 0.435. The van der Waals surface area contributed by atoms with Gasteiger partial charge in [-0.15, -0.1) is 0 Å². The summed E-state index contributed by atoms with van der Waals surface area (Å²) in [5.74, 6) is 0.212. The van der Waals surface area contributed by atoms with Gasteiger partial charge in [0.1, 0.15) is 16.0 Å². The topological polar surface area (TPSA) is 65.4 Å². The smallest absolute Gasteiger partial charge is 0.188 e. The van der Waals surface area contributed by atoms with Gasteiger partial charge < -0.3 is 15.5 Å². The number of halogens is 1. The Morgan fingerprint density at radius 1 is 0.913 bits per heavy atom. The molecule has 1 aromatic heterocycles. The normalized spacial score (nSPS) is 11.2. The summed E-state index contributed by atoms with van der Waals surface area (Å²) in [4.78, 5) is 4.41. The van der Waals surface area contributed by atoms with Crippen LogP contribution in [0.4, 0.5) is 10.8 Å². The van der Waals surface area contributed by atoms with Crippen LogP contribution in [-0.4, -0.2) is 15.2 Å². The molecule has 4 rings (SSSR count). The summed E-state index contributed by atoms with van der Waals surface area (Å²) in [6, 6.07) is 14.4. The highest BCUT2D eigenvalue weighted by atomic mass is 35.5. The highest BCUT2D eigenvalue weighted by Crippen LogP contribution is 2.45. The summed E-state index contributed by atoms with van der Waals surface area (Å²) >= 11 is 7.16. The average Bonchev–Trinajstić information content (AvgIpc) is 2.99. The summed E-state index contributed by atoms with van der Waals surface area (Å²) in [5, 5.41) is 26.5. The Bertz CT molecular complexity index is 970. The fraction of sp³-hybridized carbons (Fsp3) is 0. The van der Waals surface area contributed by atoms with Gasteiger partial charge in [0.05, 0.1) is 0 Å². The Hall–Kier alpha value is -2.50. The molecule has 0 aliphatic heterocycles. The van der Waals surface area contributed by atoms with Crippen molar-refractivity contribution in [3.8, 4) is 11.5 Å². The first-order valence-electron chi connectivity index (χ1n) is 6.89. The van der Waals surface area contributed by atoms with Gasteiger partial charge in [-0.2, -0.15) is 0 Å². The average molecular weight is 343 g/mol. The van der Waals surface area contributed by atoms with E-state index in [0.29, 0.717) is 31.1 Å². The third kappa shape index (κ3) is 2.34. The number of benzene rings is 3. The second-order valence-electron chi connectivity index (χ2n) is 5.07. The van der Waals surface area contributed by atoms with Crippen molar-refractivity contribution in [2.45, 2.75) is 0 Å². The predicted octanol–water partition coefficient (Wildman–Crippen LogP) is 5.26. The summed E-state index contributed by atoms with van der Waals surface area (Å²) < 4.78 is 0.553. The molecule has 114 valence electrons. The Labute approximate surface area is 140 Å². The molecule has 0 radical (unpaired) electrons. The van der Waals surface area contributed by atoms with Crippen LogP contribution in [0.25, 0.3) is 21.0 Å². The van der Waals surface area contributed by atoms with E-state index in [1.54, 1.807) is 24.3 Å². The number of hydrogen-bond acceptors (Lipinski definition) is 5. The highest BCUT2D eigenvalue weighted by Gasteiger charge is 2.17. The third-order valence-electron chi connectivity index (χ3n) is 3.60. The highest BCUT2D eigenvalue weighted by molar-refractivity contribution is 7.22. The van der Waals surface area contributed by atoms with Crippen LogP contribution in [0.3, 0.4) is 0 Å². The number of phenolic OH excluding ortho intramolecular Hbond substituents is 2. The maximum absolute atomic E-state index is 10.5. The lowest BCUT2D eigenvalue weighted by Gasteiger charge is -2.04. The molecule has 0 aliphatic rings. The zero-order valence-electron chi connectivity index (χ0n) is 11.7. The number of rotatable bonds is 2. The Morgan fingerprint density at radius 2 is 1.57 bits per heavy atom. The first-order chi connectivity index (χ1) is 11.1. The fourth-order valence-electron chi connectivity index (χ4n) is 2.50. The van der Waals surface area contributed by atoms with E-state index in [-0.39, 0.29) is 11.5 Å². The molecule has 0 spiro atoms. The van der Waals surface area contributed by atoms with Crippen molar-refractivity contribution in [1.82, 2.24) is 4.98 Å². The molecule has 1 heterocycles. The van der Waals surface area contributed by atoms with Crippen LogP contribution in [0.1, 0.15) is 0 Å². The van der Waals surface area contributed by atoms with Crippen LogP contribution in [0.15, 0.2) is 48.5 Å².